The number of rotatable bonds is 6. The molecule has 9 heteroatoms. The van der Waals surface area contributed by atoms with Gasteiger partial charge in [0.25, 0.3) is 5.56 Å². The molecule has 0 saturated carbocycles. The van der Waals surface area contributed by atoms with E-state index in [1.54, 1.807) is 37.3 Å². The minimum atomic E-state index is -0.799. The van der Waals surface area contributed by atoms with Crippen molar-refractivity contribution >= 4 is 54.9 Å². The Labute approximate surface area is 196 Å². The Balaban J connectivity index is 2.10. The number of carbonyl (C=O) groups is 1. The van der Waals surface area contributed by atoms with Crippen molar-refractivity contribution in [3.05, 3.63) is 67.1 Å². The van der Waals surface area contributed by atoms with Gasteiger partial charge in [-0.25, -0.2) is 9.78 Å². The van der Waals surface area contributed by atoms with Gasteiger partial charge in [0.15, 0.2) is 6.10 Å². The van der Waals surface area contributed by atoms with Gasteiger partial charge in [-0.05, 0) is 43.3 Å². The van der Waals surface area contributed by atoms with Crippen molar-refractivity contribution in [3.8, 4) is 5.75 Å². The lowest BCUT2D eigenvalue weighted by Gasteiger charge is -2.15. The first-order valence-corrected chi connectivity index (χ1v) is 11.1. The minimum absolute atomic E-state index is 0.0320. The molecule has 3 aromatic rings. The van der Waals surface area contributed by atoms with Crippen LogP contribution in [0, 0.1) is 0 Å². The predicted molar refractivity (Wildman–Crippen MR) is 127 cm³/mol. The van der Waals surface area contributed by atoms with Gasteiger partial charge < -0.3 is 9.47 Å². The number of aromatic nitrogens is 2. The topological polar surface area (TPSA) is 82.8 Å². The molecule has 0 aliphatic carbocycles. The van der Waals surface area contributed by atoms with Crippen LogP contribution in [0.25, 0.3) is 10.9 Å². The summed E-state index contributed by atoms with van der Waals surface area (Å²) in [5.74, 6) is 0.445. The van der Waals surface area contributed by atoms with Crippen molar-refractivity contribution in [2.45, 2.75) is 32.8 Å². The molecule has 0 unspecified atom stereocenters. The lowest BCUT2D eigenvalue weighted by atomic mass is 10.2. The highest BCUT2D eigenvalue weighted by molar-refractivity contribution is 9.10. The summed E-state index contributed by atoms with van der Waals surface area (Å²) in [6.45, 7) is 5.50. The third-order valence-corrected chi connectivity index (χ3v) is 5.46. The van der Waals surface area contributed by atoms with Crippen LogP contribution in [0.4, 0.5) is 0 Å². The van der Waals surface area contributed by atoms with Gasteiger partial charge in [-0.1, -0.05) is 45.7 Å². The van der Waals surface area contributed by atoms with Crippen LogP contribution in [-0.4, -0.2) is 35.1 Å². The van der Waals surface area contributed by atoms with E-state index in [1.165, 1.54) is 18.0 Å². The molecule has 7 nitrogen and oxygen atoms in total. The summed E-state index contributed by atoms with van der Waals surface area (Å²) in [5.41, 5.74) is 0.925. The number of methoxy groups -OCH3 is 1. The second-order valence-corrected chi connectivity index (χ2v) is 8.94. The highest BCUT2D eigenvalue weighted by atomic mass is 79.9. The fourth-order valence-corrected chi connectivity index (χ4v) is 3.64. The number of hydrogen-bond acceptors (Lipinski definition) is 6. The molecule has 0 bridgehead atoms. The number of hydrogen-bond donors (Lipinski definition) is 0. The summed E-state index contributed by atoms with van der Waals surface area (Å²) >= 11 is 6.83. The van der Waals surface area contributed by atoms with Crippen molar-refractivity contribution in [1.82, 2.24) is 9.66 Å². The second kappa shape index (κ2) is 9.74. The van der Waals surface area contributed by atoms with Crippen LogP contribution in [0.1, 0.15) is 38.1 Å². The second-order valence-electron chi connectivity index (χ2n) is 7.11. The number of nitrogens with zero attached hydrogens (tertiary/aromatic N) is 3. The summed E-state index contributed by atoms with van der Waals surface area (Å²) in [6, 6.07) is 10.7. The monoisotopic (exact) mass is 549 g/mol. The van der Waals surface area contributed by atoms with E-state index < -0.39 is 12.1 Å². The van der Waals surface area contributed by atoms with E-state index in [0.717, 1.165) is 8.95 Å². The van der Waals surface area contributed by atoms with E-state index in [0.29, 0.717) is 28.0 Å². The highest BCUT2D eigenvalue weighted by Crippen LogP contribution is 2.24. The van der Waals surface area contributed by atoms with Crippen molar-refractivity contribution in [3.63, 3.8) is 0 Å². The highest BCUT2D eigenvalue weighted by Gasteiger charge is 2.17. The molecule has 1 heterocycles. The molecule has 1 aromatic heterocycles. The Morgan fingerprint density at radius 1 is 1.13 bits per heavy atom. The standard InChI is InChI=1S/C22H21Br2N3O4/c1-12(2)20-26-18-7-5-16(24)10-17(18)21(28)27(20)25-11-14-9-15(23)6-8-19(14)31-13(3)22(29)30-4/h5-13H,1-4H3/t13-/m1/s1. The average molecular weight is 551 g/mol. The summed E-state index contributed by atoms with van der Waals surface area (Å²) in [6.07, 6.45) is 0.718. The van der Waals surface area contributed by atoms with Gasteiger partial charge in [-0.2, -0.15) is 9.78 Å². The van der Waals surface area contributed by atoms with Gasteiger partial charge in [-0.15, -0.1) is 0 Å². The third-order valence-electron chi connectivity index (χ3n) is 4.47. The zero-order valence-electron chi connectivity index (χ0n) is 17.4. The maximum atomic E-state index is 13.2. The summed E-state index contributed by atoms with van der Waals surface area (Å²) < 4.78 is 13.3. The molecular weight excluding hydrogens is 530 g/mol. The first kappa shape index (κ1) is 23.1. The van der Waals surface area contributed by atoms with Crippen LogP contribution in [0.2, 0.25) is 0 Å². The summed E-state index contributed by atoms with van der Waals surface area (Å²) in [7, 11) is 1.30. The van der Waals surface area contributed by atoms with Gasteiger partial charge in [-0.3, -0.25) is 4.79 Å². The van der Waals surface area contributed by atoms with E-state index in [-0.39, 0.29) is 11.5 Å². The van der Waals surface area contributed by atoms with Crippen molar-refractivity contribution < 1.29 is 14.3 Å². The number of benzene rings is 2. The molecule has 0 N–H and O–H groups in total. The Morgan fingerprint density at radius 2 is 1.81 bits per heavy atom. The zero-order chi connectivity index (χ0) is 22.7. The van der Waals surface area contributed by atoms with E-state index in [1.807, 2.05) is 19.9 Å². The molecule has 0 radical (unpaired) electrons. The van der Waals surface area contributed by atoms with Crippen LogP contribution in [0.3, 0.4) is 0 Å². The fraction of sp³-hybridized carbons (Fsp3) is 0.273. The number of carbonyl (C=O) groups excluding carboxylic acids is 1. The summed E-state index contributed by atoms with van der Waals surface area (Å²) in [4.78, 5) is 29.6. The fourth-order valence-electron chi connectivity index (χ4n) is 2.90. The van der Waals surface area contributed by atoms with Gasteiger partial charge in [0.05, 0.1) is 24.2 Å². The third kappa shape index (κ3) is 5.22. The number of fused-ring (bicyclic) bond motifs is 1. The number of ether oxygens (including phenoxy) is 2. The SMILES string of the molecule is COC(=O)[C@@H](C)Oc1ccc(Br)cc1C=Nn1c(C(C)C)nc2ccc(Br)cc2c1=O. The van der Waals surface area contributed by atoms with Gasteiger partial charge >= 0.3 is 5.97 Å². The van der Waals surface area contributed by atoms with Crippen molar-refractivity contribution in [2.75, 3.05) is 7.11 Å². The first-order valence-electron chi connectivity index (χ1n) is 9.52. The molecule has 0 spiro atoms. The molecule has 0 amide bonds. The van der Waals surface area contributed by atoms with Gasteiger partial charge in [0.2, 0.25) is 0 Å². The zero-order valence-corrected chi connectivity index (χ0v) is 20.6. The van der Waals surface area contributed by atoms with Crippen LogP contribution >= 0.6 is 31.9 Å². The normalized spacial score (nSPS) is 12.5. The molecule has 0 aliphatic heterocycles. The Hall–Kier alpha value is -2.52. The molecule has 0 saturated heterocycles. The molecular formula is C22H21Br2N3O4. The Bertz CT molecular complexity index is 1220. The van der Waals surface area contributed by atoms with Gasteiger partial charge in [0, 0.05) is 20.4 Å². The molecule has 2 aromatic carbocycles. The Kier molecular flexibility index (Phi) is 7.27. The molecule has 0 fully saturated rings. The molecule has 0 aliphatic rings. The Morgan fingerprint density at radius 3 is 2.48 bits per heavy atom. The smallest absolute Gasteiger partial charge is 0.346 e. The predicted octanol–water partition coefficient (Wildman–Crippen LogP) is 4.87. The lowest BCUT2D eigenvalue weighted by Crippen LogP contribution is -2.25. The van der Waals surface area contributed by atoms with Crippen LogP contribution in [-0.2, 0) is 9.53 Å². The minimum Gasteiger partial charge on any atom is -0.478 e. The quantitative estimate of drug-likeness (QED) is 0.323. The molecule has 31 heavy (non-hydrogen) atoms. The van der Waals surface area contributed by atoms with E-state index in [9.17, 15) is 9.59 Å². The summed E-state index contributed by atoms with van der Waals surface area (Å²) in [5, 5.41) is 4.89. The molecule has 3 rings (SSSR count). The lowest BCUT2D eigenvalue weighted by molar-refractivity contribution is -0.147. The van der Waals surface area contributed by atoms with Crippen LogP contribution in [0.15, 0.2) is 55.2 Å². The largest absolute Gasteiger partial charge is 0.478 e. The van der Waals surface area contributed by atoms with E-state index in [2.05, 4.69) is 41.9 Å². The number of halogens is 2. The van der Waals surface area contributed by atoms with Crippen molar-refractivity contribution in [1.29, 1.82) is 0 Å². The van der Waals surface area contributed by atoms with Crippen LogP contribution in [0.5, 0.6) is 5.75 Å². The maximum absolute atomic E-state index is 13.2. The van der Waals surface area contributed by atoms with Crippen LogP contribution < -0.4 is 10.3 Å². The maximum Gasteiger partial charge on any atom is 0.346 e. The van der Waals surface area contributed by atoms with Gasteiger partial charge in [0.1, 0.15) is 11.6 Å². The first-order chi connectivity index (χ1) is 14.7. The average Bonchev–Trinajstić information content (AvgIpc) is 2.74. The van der Waals surface area contributed by atoms with Crippen molar-refractivity contribution in [2.24, 2.45) is 5.10 Å². The molecule has 162 valence electrons. The number of esters is 1. The van der Waals surface area contributed by atoms with E-state index in [4.69, 9.17) is 9.47 Å². The molecule has 1 atom stereocenters. The van der Waals surface area contributed by atoms with E-state index >= 15 is 0 Å².